The summed E-state index contributed by atoms with van der Waals surface area (Å²) in [7, 11) is 0. The van der Waals surface area contributed by atoms with Crippen LogP contribution in [-0.4, -0.2) is 81.2 Å². The number of carbonyl (C=O) groups excluding carboxylic acids is 3. The number of hydrogen-bond acceptors (Lipinski definition) is 10. The van der Waals surface area contributed by atoms with Crippen molar-refractivity contribution < 1.29 is 63.4 Å². The summed E-state index contributed by atoms with van der Waals surface area (Å²) >= 11 is 0. The zero-order valence-electron chi connectivity index (χ0n) is 45.1. The van der Waals surface area contributed by atoms with E-state index in [4.69, 9.17) is 34.6 Å². The molecule has 0 saturated heterocycles. The lowest BCUT2D eigenvalue weighted by Crippen LogP contribution is -2.42. The van der Waals surface area contributed by atoms with Crippen LogP contribution in [0.15, 0.2) is 0 Å². The molecule has 0 radical (unpaired) electrons. The number of esters is 3. The van der Waals surface area contributed by atoms with E-state index in [2.05, 4.69) is 20.8 Å². The second kappa shape index (κ2) is 52.1. The van der Waals surface area contributed by atoms with Crippen molar-refractivity contribution >= 4 is 35.8 Å². The van der Waals surface area contributed by atoms with Gasteiger partial charge in [0.15, 0.2) is 11.7 Å². The van der Waals surface area contributed by atoms with Crippen LogP contribution in [0, 0.1) is 0 Å². The van der Waals surface area contributed by atoms with E-state index in [1.165, 1.54) is 193 Å². The van der Waals surface area contributed by atoms with Gasteiger partial charge in [0.2, 0.25) is 0 Å². The molecule has 0 bridgehead atoms. The lowest BCUT2D eigenvalue weighted by molar-refractivity contribution is -0.170. The molecule has 0 heterocycles. The van der Waals surface area contributed by atoms with Gasteiger partial charge in [0.25, 0.3) is 0 Å². The van der Waals surface area contributed by atoms with Gasteiger partial charge in [-0.1, -0.05) is 252 Å². The summed E-state index contributed by atoms with van der Waals surface area (Å²) in [6.07, 6.45) is 47.0. The van der Waals surface area contributed by atoms with Crippen molar-refractivity contribution in [1.29, 1.82) is 0 Å². The number of carboxylic acids is 3. The molecule has 0 aliphatic heterocycles. The van der Waals surface area contributed by atoms with E-state index in [9.17, 15) is 28.8 Å². The standard InChI is InChI=1S/C51H98O6.C6H8O7/c1-4-7-10-13-16-19-22-25-28-31-34-37-40-43-49(52)55-46-48(57-51(54)45-42-39-36-33-30-27-24-21-18-15-12-9-6-3)47-56-50(53)44-41-38-35-32-29-26-23-20-17-14-11-8-5-2;7-3(8)1-6(13,5(11)12)2-4(9)10/h48H,4-47H2,1-3H3;13H,1-2H2,(H,7,8)(H,9,10)(H,11,12). The highest BCUT2D eigenvalue weighted by Crippen LogP contribution is 2.18. The molecule has 0 fully saturated rings. The average Bonchev–Trinajstić information content (AvgIpc) is 3.31. The first-order chi connectivity index (χ1) is 33.8. The van der Waals surface area contributed by atoms with Crippen LogP contribution >= 0.6 is 0 Å². The van der Waals surface area contributed by atoms with Gasteiger partial charge in [-0.3, -0.25) is 24.0 Å². The predicted octanol–water partition coefficient (Wildman–Crippen LogP) is 15.2. The Bertz CT molecular complexity index is 1190. The highest BCUT2D eigenvalue weighted by atomic mass is 16.6. The minimum atomic E-state index is -2.74. The highest BCUT2D eigenvalue weighted by molar-refractivity contribution is 5.88. The Labute approximate surface area is 426 Å². The largest absolute Gasteiger partial charge is 0.481 e. The summed E-state index contributed by atoms with van der Waals surface area (Å²) in [5, 5.41) is 33.8. The third-order valence-electron chi connectivity index (χ3n) is 12.9. The molecular formula is C57H106O13. The number of unbranched alkanes of at least 4 members (excludes halogenated alkanes) is 36. The van der Waals surface area contributed by atoms with Gasteiger partial charge in [-0.05, 0) is 19.3 Å². The van der Waals surface area contributed by atoms with Gasteiger partial charge in [-0.25, -0.2) is 4.79 Å². The van der Waals surface area contributed by atoms with Gasteiger partial charge in [0.05, 0.1) is 12.8 Å². The Kier molecular flexibility index (Phi) is 51.3. The van der Waals surface area contributed by atoms with E-state index < -0.39 is 42.5 Å². The van der Waals surface area contributed by atoms with Crippen LogP contribution in [0.25, 0.3) is 0 Å². The van der Waals surface area contributed by atoms with Gasteiger partial charge >= 0.3 is 35.8 Å². The van der Waals surface area contributed by atoms with Gasteiger partial charge in [0, 0.05) is 19.3 Å². The van der Waals surface area contributed by atoms with Crippen molar-refractivity contribution in [2.24, 2.45) is 0 Å². The Hall–Kier alpha value is -3.22. The zero-order chi connectivity index (χ0) is 52.2. The lowest BCUT2D eigenvalue weighted by atomic mass is 9.96. The minimum absolute atomic E-state index is 0.0619. The molecule has 70 heavy (non-hydrogen) atoms. The van der Waals surface area contributed by atoms with Crippen molar-refractivity contribution in [2.75, 3.05) is 13.2 Å². The topological polar surface area (TPSA) is 211 Å². The van der Waals surface area contributed by atoms with E-state index in [0.717, 1.165) is 57.8 Å². The Morgan fingerprint density at radius 2 is 0.557 bits per heavy atom. The Balaban J connectivity index is 0. The van der Waals surface area contributed by atoms with Crippen LogP contribution in [0.2, 0.25) is 0 Å². The Morgan fingerprint density at radius 3 is 0.771 bits per heavy atom. The SMILES string of the molecule is CCCCCCCCCCCCCCCC(=O)OCC(COC(=O)CCCCCCCCCCCCCCC)OC(=O)CCCCCCCCCCCCCCC.O=C(O)CC(O)(CC(=O)O)C(=O)O. The van der Waals surface area contributed by atoms with Gasteiger partial charge < -0.3 is 34.6 Å². The van der Waals surface area contributed by atoms with Crippen molar-refractivity contribution in [1.82, 2.24) is 0 Å². The molecule has 4 N–H and O–H groups in total. The molecule has 13 heteroatoms. The maximum atomic E-state index is 12.8. The molecule has 0 aromatic heterocycles. The number of hydrogen-bond donors (Lipinski definition) is 4. The van der Waals surface area contributed by atoms with Crippen molar-refractivity contribution in [2.45, 2.75) is 315 Å². The highest BCUT2D eigenvalue weighted by Gasteiger charge is 2.40. The number of ether oxygens (including phenoxy) is 3. The second-order valence-electron chi connectivity index (χ2n) is 19.9. The number of aliphatic hydroxyl groups is 1. The van der Waals surface area contributed by atoms with Crippen molar-refractivity contribution in [3.63, 3.8) is 0 Å². The molecule has 0 aliphatic rings. The lowest BCUT2D eigenvalue weighted by Gasteiger charge is -2.18. The summed E-state index contributed by atoms with van der Waals surface area (Å²) in [5.74, 6) is -5.86. The van der Waals surface area contributed by atoms with E-state index in [1.807, 2.05) is 0 Å². The van der Waals surface area contributed by atoms with E-state index in [0.29, 0.717) is 19.3 Å². The molecule has 0 saturated carbocycles. The molecule has 0 atom stereocenters. The fourth-order valence-electron chi connectivity index (χ4n) is 8.45. The molecule has 0 aromatic carbocycles. The normalized spacial score (nSPS) is 11.3. The van der Waals surface area contributed by atoms with Gasteiger partial charge in [-0.15, -0.1) is 0 Å². The number of carboxylic acid groups (broad SMARTS) is 3. The molecule has 0 aliphatic carbocycles. The smallest absolute Gasteiger partial charge is 0.336 e. The number of aliphatic carboxylic acids is 3. The van der Waals surface area contributed by atoms with Crippen LogP contribution in [-0.2, 0) is 43.0 Å². The Morgan fingerprint density at radius 1 is 0.343 bits per heavy atom. The number of rotatable bonds is 52. The molecule has 0 rings (SSSR count). The summed E-state index contributed by atoms with van der Waals surface area (Å²) in [5.41, 5.74) is -2.74. The van der Waals surface area contributed by atoms with Gasteiger partial charge in [0.1, 0.15) is 13.2 Å². The van der Waals surface area contributed by atoms with E-state index >= 15 is 0 Å². The fourth-order valence-corrected chi connectivity index (χ4v) is 8.45. The molecule has 0 spiro atoms. The van der Waals surface area contributed by atoms with E-state index in [-0.39, 0.29) is 31.1 Å². The first-order valence-corrected chi connectivity index (χ1v) is 28.7. The average molecular weight is 999 g/mol. The fraction of sp³-hybridized carbons (Fsp3) is 0.895. The minimum Gasteiger partial charge on any atom is -0.481 e. The molecule has 412 valence electrons. The van der Waals surface area contributed by atoms with Crippen LogP contribution in [0.4, 0.5) is 0 Å². The summed E-state index contributed by atoms with van der Waals surface area (Å²) in [6, 6.07) is 0. The summed E-state index contributed by atoms with van der Waals surface area (Å²) in [4.78, 5) is 68.4. The second-order valence-corrected chi connectivity index (χ2v) is 19.9. The molecule has 0 unspecified atom stereocenters. The van der Waals surface area contributed by atoms with Crippen molar-refractivity contribution in [3.05, 3.63) is 0 Å². The first kappa shape index (κ1) is 68.9. The number of carbonyl (C=O) groups is 6. The zero-order valence-corrected chi connectivity index (χ0v) is 45.1. The van der Waals surface area contributed by atoms with Gasteiger partial charge in [-0.2, -0.15) is 0 Å². The summed E-state index contributed by atoms with van der Waals surface area (Å²) in [6.45, 7) is 6.67. The molecule has 13 nitrogen and oxygen atoms in total. The van der Waals surface area contributed by atoms with Crippen LogP contribution in [0.5, 0.6) is 0 Å². The van der Waals surface area contributed by atoms with Crippen LogP contribution in [0.3, 0.4) is 0 Å². The first-order valence-electron chi connectivity index (χ1n) is 28.7. The van der Waals surface area contributed by atoms with Crippen LogP contribution < -0.4 is 0 Å². The molecular weight excluding hydrogens is 893 g/mol. The van der Waals surface area contributed by atoms with Crippen molar-refractivity contribution in [3.8, 4) is 0 Å². The quantitative estimate of drug-likeness (QED) is 0.0254. The molecule has 0 aromatic rings. The maximum Gasteiger partial charge on any atom is 0.336 e. The maximum absolute atomic E-state index is 12.8. The third-order valence-corrected chi connectivity index (χ3v) is 12.9. The van der Waals surface area contributed by atoms with E-state index in [1.54, 1.807) is 0 Å². The monoisotopic (exact) mass is 999 g/mol. The van der Waals surface area contributed by atoms with Crippen LogP contribution in [0.1, 0.15) is 303 Å². The third kappa shape index (κ3) is 51.1. The summed E-state index contributed by atoms with van der Waals surface area (Å²) < 4.78 is 16.8. The predicted molar refractivity (Wildman–Crippen MR) is 280 cm³/mol. The molecule has 0 amide bonds.